The molecule has 3 aliphatic carbocycles. The number of anilines is 1. The quantitative estimate of drug-likeness (QED) is 0.261. The topological polar surface area (TPSA) is 168 Å². The molecule has 1 amide bonds. The Bertz CT molecular complexity index is 1380. The molecule has 39 heavy (non-hydrogen) atoms. The summed E-state index contributed by atoms with van der Waals surface area (Å²) >= 11 is 0. The van der Waals surface area contributed by atoms with E-state index < -0.39 is 58.0 Å². The number of carbonyl (C=O) groups excluding carboxylic acids is 3. The van der Waals surface area contributed by atoms with E-state index in [1.165, 1.54) is 4.90 Å². The first-order valence-corrected chi connectivity index (χ1v) is 12.9. The summed E-state index contributed by atoms with van der Waals surface area (Å²) in [5, 5.41) is 45.7. The molecular formula is C28H34N4O7. The van der Waals surface area contributed by atoms with Gasteiger partial charge in [0.1, 0.15) is 22.8 Å². The van der Waals surface area contributed by atoms with Gasteiger partial charge in [-0.05, 0) is 44.5 Å². The van der Waals surface area contributed by atoms with Gasteiger partial charge in [-0.2, -0.15) is 0 Å². The number of amides is 1. The summed E-state index contributed by atoms with van der Waals surface area (Å²) in [6.45, 7) is 1.85. The molecule has 0 aromatic heterocycles. The number of ketones is 2. The number of benzene rings is 1. The standard InChI is InChI=1S/C28H34N4O7/c1-30(2)17-11-14(12-32-7-5-6-8-32)22(33)19-15(17)9-13-10-16-21(31(3)4)24(35)20(27(29)38)26(37)28(16,39)25(36)18(13)23(19)34/h5-6,11,13,16,21,33-34,37,39H,7-10,12H2,1-4H3,(H2,29,38)/t13-,16-,21-,28+/m0/s1. The molecule has 208 valence electrons. The molecule has 11 heteroatoms. The van der Waals surface area contributed by atoms with Crippen LogP contribution in [-0.4, -0.2) is 101 Å². The number of primary amides is 1. The minimum atomic E-state index is -2.65. The fraction of sp³-hybridized carbons (Fsp3) is 0.464. The molecule has 0 radical (unpaired) electrons. The second kappa shape index (κ2) is 9.22. The molecule has 1 fully saturated rings. The lowest BCUT2D eigenvalue weighted by Crippen LogP contribution is -2.65. The predicted octanol–water partition coefficient (Wildman–Crippen LogP) is 0.402. The molecule has 1 aromatic rings. The number of hydrogen-bond acceptors (Lipinski definition) is 10. The van der Waals surface area contributed by atoms with E-state index in [1.54, 1.807) is 14.1 Å². The smallest absolute Gasteiger partial charge is 0.255 e. The number of rotatable bonds is 5. The molecule has 1 heterocycles. The lowest BCUT2D eigenvalue weighted by Gasteiger charge is -2.50. The first kappa shape index (κ1) is 26.9. The SMILES string of the molecule is CN(C)c1cc(CN2CC=CC2)c(O)c2c1C[C@H]1C[C@H]3[C@H](N(C)C)C(=O)C(C(N)=O)=C(O)[C@]3(O)C(=O)C1=C2O. The summed E-state index contributed by atoms with van der Waals surface area (Å²) in [5.41, 5.74) is 3.85. The molecule has 0 unspecified atom stereocenters. The number of aromatic hydroxyl groups is 1. The Kier molecular flexibility index (Phi) is 6.36. The third-order valence-corrected chi connectivity index (χ3v) is 8.55. The molecule has 0 saturated heterocycles. The summed E-state index contributed by atoms with van der Waals surface area (Å²) < 4.78 is 0. The van der Waals surface area contributed by atoms with Crippen molar-refractivity contribution in [1.29, 1.82) is 0 Å². The van der Waals surface area contributed by atoms with Crippen LogP contribution in [-0.2, 0) is 27.3 Å². The zero-order chi connectivity index (χ0) is 28.5. The monoisotopic (exact) mass is 538 g/mol. The van der Waals surface area contributed by atoms with E-state index in [9.17, 15) is 34.8 Å². The van der Waals surface area contributed by atoms with Gasteiger partial charge in [0.25, 0.3) is 5.91 Å². The number of Topliss-reactive ketones (excluding diaryl/α,β-unsaturated/α-hetero) is 2. The van der Waals surface area contributed by atoms with Crippen molar-refractivity contribution in [3.63, 3.8) is 0 Å². The molecule has 1 aliphatic heterocycles. The van der Waals surface area contributed by atoms with Crippen molar-refractivity contribution >= 4 is 28.9 Å². The molecule has 0 spiro atoms. The third-order valence-electron chi connectivity index (χ3n) is 8.55. The highest BCUT2D eigenvalue weighted by Crippen LogP contribution is 2.54. The molecule has 4 aliphatic rings. The first-order chi connectivity index (χ1) is 18.3. The van der Waals surface area contributed by atoms with Crippen LogP contribution < -0.4 is 10.6 Å². The van der Waals surface area contributed by atoms with Crippen LogP contribution in [0.2, 0.25) is 0 Å². The maximum absolute atomic E-state index is 14.0. The van der Waals surface area contributed by atoms with Gasteiger partial charge >= 0.3 is 0 Å². The van der Waals surface area contributed by atoms with Crippen LogP contribution in [0, 0.1) is 11.8 Å². The second-order valence-electron chi connectivity index (χ2n) is 11.3. The lowest BCUT2D eigenvalue weighted by atomic mass is 9.57. The van der Waals surface area contributed by atoms with Gasteiger partial charge in [-0.3, -0.25) is 24.2 Å². The number of aliphatic hydroxyl groups is 3. The number of hydrogen-bond donors (Lipinski definition) is 5. The van der Waals surface area contributed by atoms with E-state index in [4.69, 9.17) is 5.73 Å². The third kappa shape index (κ3) is 3.79. The highest BCUT2D eigenvalue weighted by atomic mass is 16.3. The number of carbonyl (C=O) groups is 3. The first-order valence-electron chi connectivity index (χ1n) is 12.9. The Morgan fingerprint density at radius 3 is 2.33 bits per heavy atom. The van der Waals surface area contributed by atoms with Crippen LogP contribution in [0.5, 0.6) is 5.75 Å². The van der Waals surface area contributed by atoms with Crippen LogP contribution in [0.4, 0.5) is 5.69 Å². The molecule has 11 nitrogen and oxygen atoms in total. The Labute approximate surface area is 226 Å². The zero-order valence-electron chi connectivity index (χ0n) is 22.4. The number of phenolic OH excluding ortho intramolecular Hbond substituents is 1. The van der Waals surface area contributed by atoms with Crippen LogP contribution >= 0.6 is 0 Å². The zero-order valence-corrected chi connectivity index (χ0v) is 22.4. The number of fused-ring (bicyclic) bond motifs is 3. The van der Waals surface area contributed by atoms with Crippen molar-refractivity contribution in [1.82, 2.24) is 9.80 Å². The molecule has 4 atom stereocenters. The fourth-order valence-electron chi connectivity index (χ4n) is 6.76. The van der Waals surface area contributed by atoms with Crippen molar-refractivity contribution in [2.75, 3.05) is 46.2 Å². The van der Waals surface area contributed by atoms with Crippen molar-refractivity contribution in [2.24, 2.45) is 17.6 Å². The van der Waals surface area contributed by atoms with Crippen LogP contribution in [0.15, 0.2) is 35.1 Å². The molecule has 0 bridgehead atoms. The molecular weight excluding hydrogens is 504 g/mol. The van der Waals surface area contributed by atoms with Crippen molar-refractivity contribution in [3.8, 4) is 5.75 Å². The summed E-state index contributed by atoms with van der Waals surface area (Å²) in [4.78, 5) is 44.9. The van der Waals surface area contributed by atoms with Gasteiger partial charge in [-0.1, -0.05) is 12.2 Å². The van der Waals surface area contributed by atoms with Crippen molar-refractivity contribution in [3.05, 3.63) is 51.8 Å². The average molecular weight is 539 g/mol. The van der Waals surface area contributed by atoms with E-state index in [1.807, 2.05) is 37.2 Å². The molecule has 5 rings (SSSR count). The summed E-state index contributed by atoms with van der Waals surface area (Å²) in [5.74, 6) is -6.48. The number of phenols is 1. The minimum Gasteiger partial charge on any atom is -0.508 e. The van der Waals surface area contributed by atoms with Crippen molar-refractivity contribution in [2.45, 2.75) is 31.0 Å². The van der Waals surface area contributed by atoms with Crippen LogP contribution in [0.3, 0.4) is 0 Å². The van der Waals surface area contributed by atoms with Gasteiger partial charge < -0.3 is 31.1 Å². The van der Waals surface area contributed by atoms with Crippen LogP contribution in [0.1, 0.15) is 23.1 Å². The second-order valence-corrected chi connectivity index (χ2v) is 11.3. The fourth-order valence-corrected chi connectivity index (χ4v) is 6.76. The normalized spacial score (nSPS) is 28.6. The molecule has 1 saturated carbocycles. The van der Waals surface area contributed by atoms with E-state index in [2.05, 4.69) is 4.90 Å². The largest absolute Gasteiger partial charge is 0.508 e. The van der Waals surface area contributed by atoms with Gasteiger partial charge in [-0.25, -0.2) is 0 Å². The maximum atomic E-state index is 14.0. The van der Waals surface area contributed by atoms with Gasteiger partial charge in [0.2, 0.25) is 5.78 Å². The minimum absolute atomic E-state index is 0.0561. The number of likely N-dealkylation sites (N-methyl/N-ethyl adjacent to an activating group) is 1. The Balaban J connectivity index is 1.71. The summed E-state index contributed by atoms with van der Waals surface area (Å²) in [7, 11) is 6.86. The van der Waals surface area contributed by atoms with Gasteiger partial charge in [-0.15, -0.1) is 0 Å². The number of aliphatic hydroxyl groups excluding tert-OH is 2. The maximum Gasteiger partial charge on any atom is 0.255 e. The highest BCUT2D eigenvalue weighted by Gasteiger charge is 2.64. The van der Waals surface area contributed by atoms with Crippen molar-refractivity contribution < 1.29 is 34.8 Å². The average Bonchev–Trinajstić information content (AvgIpc) is 3.35. The summed E-state index contributed by atoms with van der Waals surface area (Å²) in [6, 6.07) is 0.771. The lowest BCUT2D eigenvalue weighted by molar-refractivity contribution is -0.153. The van der Waals surface area contributed by atoms with E-state index in [0.29, 0.717) is 17.7 Å². The predicted molar refractivity (Wildman–Crippen MR) is 143 cm³/mol. The summed E-state index contributed by atoms with van der Waals surface area (Å²) in [6.07, 6.45) is 4.36. The Morgan fingerprint density at radius 2 is 1.77 bits per heavy atom. The molecule has 6 N–H and O–H groups in total. The van der Waals surface area contributed by atoms with E-state index >= 15 is 0 Å². The highest BCUT2D eigenvalue weighted by molar-refractivity contribution is 6.24. The van der Waals surface area contributed by atoms with Crippen LogP contribution in [0.25, 0.3) is 5.76 Å². The van der Waals surface area contributed by atoms with Gasteiger partial charge in [0, 0.05) is 56.5 Å². The molecule has 1 aromatic carbocycles. The van der Waals surface area contributed by atoms with E-state index in [0.717, 1.165) is 18.8 Å². The number of nitrogens with zero attached hydrogens (tertiary/aromatic N) is 3. The van der Waals surface area contributed by atoms with Gasteiger partial charge in [0.05, 0.1) is 11.6 Å². The van der Waals surface area contributed by atoms with E-state index in [-0.39, 0.29) is 29.7 Å². The van der Waals surface area contributed by atoms with Gasteiger partial charge in [0.15, 0.2) is 11.4 Å². The Morgan fingerprint density at radius 1 is 1.13 bits per heavy atom. The Hall–Kier alpha value is -3.67. The number of nitrogens with two attached hydrogens (primary N) is 1.